The highest BCUT2D eigenvalue weighted by molar-refractivity contribution is 7.93. The van der Waals surface area contributed by atoms with Crippen molar-refractivity contribution < 1.29 is 8.42 Å². The minimum absolute atomic E-state index is 0.00977. The van der Waals surface area contributed by atoms with Crippen molar-refractivity contribution in [3.05, 3.63) is 53.3 Å². The lowest BCUT2D eigenvalue weighted by Crippen LogP contribution is -2.35. The zero-order valence-electron chi connectivity index (χ0n) is 10.7. The topological polar surface area (TPSA) is 50.3 Å². The molecule has 0 spiro atoms. The second kappa shape index (κ2) is 5.07. The fourth-order valence-corrected chi connectivity index (χ4v) is 4.40. The molecule has 1 aromatic heterocycles. The van der Waals surface area contributed by atoms with E-state index in [2.05, 4.69) is 4.98 Å². The van der Waals surface area contributed by atoms with Gasteiger partial charge in [0.15, 0.2) is 0 Å². The molecule has 3 rings (SSSR count). The van der Waals surface area contributed by atoms with E-state index in [0.29, 0.717) is 6.54 Å². The molecule has 2 aromatic rings. The van der Waals surface area contributed by atoms with Gasteiger partial charge in [-0.05, 0) is 36.6 Å². The lowest BCUT2D eigenvalue weighted by Gasteiger charge is -2.30. The van der Waals surface area contributed by atoms with E-state index in [1.165, 1.54) is 16.6 Å². The Kier molecular flexibility index (Phi) is 3.40. The van der Waals surface area contributed by atoms with E-state index in [4.69, 9.17) is 11.6 Å². The first kappa shape index (κ1) is 13.4. The van der Waals surface area contributed by atoms with Crippen LogP contribution >= 0.6 is 11.6 Å². The molecule has 20 heavy (non-hydrogen) atoms. The summed E-state index contributed by atoms with van der Waals surface area (Å²) in [5.74, 6) is 0. The van der Waals surface area contributed by atoms with Gasteiger partial charge in [0.05, 0.1) is 5.69 Å². The Morgan fingerprint density at radius 2 is 1.95 bits per heavy atom. The number of aromatic nitrogens is 1. The van der Waals surface area contributed by atoms with Gasteiger partial charge in [-0.3, -0.25) is 4.31 Å². The summed E-state index contributed by atoms with van der Waals surface area (Å²) in [6, 6.07) is 10.6. The van der Waals surface area contributed by atoms with Crippen LogP contribution in [0.4, 0.5) is 5.69 Å². The van der Waals surface area contributed by atoms with Crippen LogP contribution in [0, 0.1) is 0 Å². The van der Waals surface area contributed by atoms with Crippen LogP contribution in [0.3, 0.4) is 0 Å². The van der Waals surface area contributed by atoms with E-state index in [1.54, 1.807) is 6.07 Å². The van der Waals surface area contributed by atoms with E-state index in [0.717, 1.165) is 24.1 Å². The molecule has 6 heteroatoms. The average Bonchev–Trinajstić information content (AvgIpc) is 2.47. The van der Waals surface area contributed by atoms with Crippen molar-refractivity contribution in [3.8, 4) is 0 Å². The molecule has 0 amide bonds. The molecule has 0 N–H and O–H groups in total. The molecule has 1 aliphatic heterocycles. The van der Waals surface area contributed by atoms with Gasteiger partial charge in [0.2, 0.25) is 0 Å². The van der Waals surface area contributed by atoms with Crippen LogP contribution in [0.25, 0.3) is 0 Å². The standard InChI is InChI=1S/C14H13ClN2O2S/c15-14-13(8-3-9-16-14)20(18,19)17-10-4-6-11-5-1-2-7-12(11)17/h1-3,5,7-9H,4,6,10H2. The van der Waals surface area contributed by atoms with Crippen molar-refractivity contribution >= 4 is 27.3 Å². The summed E-state index contributed by atoms with van der Waals surface area (Å²) in [5.41, 5.74) is 1.78. The maximum atomic E-state index is 12.8. The maximum Gasteiger partial charge on any atom is 0.267 e. The number of rotatable bonds is 2. The number of nitrogens with zero attached hydrogens (tertiary/aromatic N) is 2. The minimum Gasteiger partial charge on any atom is -0.266 e. The van der Waals surface area contributed by atoms with Crippen molar-refractivity contribution in [1.29, 1.82) is 0 Å². The molecule has 4 nitrogen and oxygen atoms in total. The number of pyridine rings is 1. The van der Waals surface area contributed by atoms with E-state index in [9.17, 15) is 8.42 Å². The minimum atomic E-state index is -3.67. The maximum absolute atomic E-state index is 12.8. The molecule has 0 saturated heterocycles. The predicted molar refractivity (Wildman–Crippen MR) is 78.5 cm³/mol. The normalized spacial score (nSPS) is 14.9. The van der Waals surface area contributed by atoms with Crippen LogP contribution in [-0.2, 0) is 16.4 Å². The first-order valence-corrected chi connectivity index (χ1v) is 8.13. The molecule has 0 atom stereocenters. The Morgan fingerprint density at radius 1 is 1.15 bits per heavy atom. The van der Waals surface area contributed by atoms with Gasteiger partial charge in [-0.15, -0.1) is 0 Å². The fourth-order valence-electron chi connectivity index (χ4n) is 2.43. The molecule has 0 fully saturated rings. The quantitative estimate of drug-likeness (QED) is 0.802. The summed E-state index contributed by atoms with van der Waals surface area (Å²) in [5, 5.41) is 0.00977. The third kappa shape index (κ3) is 2.17. The first-order chi connectivity index (χ1) is 9.60. The van der Waals surface area contributed by atoms with Gasteiger partial charge in [-0.1, -0.05) is 29.8 Å². The Labute approximate surface area is 123 Å². The molecule has 0 saturated carbocycles. The molecule has 104 valence electrons. The number of halogens is 1. The first-order valence-electron chi connectivity index (χ1n) is 6.32. The lowest BCUT2D eigenvalue weighted by atomic mass is 10.0. The van der Waals surface area contributed by atoms with Crippen LogP contribution < -0.4 is 4.31 Å². The lowest BCUT2D eigenvalue weighted by molar-refractivity contribution is 0.586. The number of sulfonamides is 1. The van der Waals surface area contributed by atoms with Gasteiger partial charge in [0.1, 0.15) is 10.0 Å². The predicted octanol–water partition coefficient (Wildman–Crippen LogP) is 2.88. The van der Waals surface area contributed by atoms with Gasteiger partial charge in [0.25, 0.3) is 10.0 Å². The van der Waals surface area contributed by atoms with Crippen molar-refractivity contribution in [3.63, 3.8) is 0 Å². The van der Waals surface area contributed by atoms with Gasteiger partial charge >= 0.3 is 0 Å². The number of aryl methyl sites for hydroxylation is 1. The number of hydrogen-bond acceptors (Lipinski definition) is 3. The summed E-state index contributed by atoms with van der Waals surface area (Å²) in [7, 11) is -3.67. The van der Waals surface area contributed by atoms with Crippen molar-refractivity contribution in [1.82, 2.24) is 4.98 Å². The van der Waals surface area contributed by atoms with Crippen molar-refractivity contribution in [2.75, 3.05) is 10.8 Å². The Balaban J connectivity index is 2.13. The fraction of sp³-hybridized carbons (Fsp3) is 0.214. The smallest absolute Gasteiger partial charge is 0.266 e. The highest BCUT2D eigenvalue weighted by Gasteiger charge is 2.30. The summed E-state index contributed by atoms with van der Waals surface area (Å²) >= 11 is 5.94. The second-order valence-corrected chi connectivity index (χ2v) is 6.79. The number of hydrogen-bond donors (Lipinski definition) is 0. The zero-order chi connectivity index (χ0) is 14.2. The van der Waals surface area contributed by atoms with E-state index in [1.807, 2.05) is 24.3 Å². The van der Waals surface area contributed by atoms with Crippen molar-refractivity contribution in [2.24, 2.45) is 0 Å². The van der Waals surface area contributed by atoms with Crippen LogP contribution in [0.15, 0.2) is 47.5 Å². The third-order valence-corrected chi connectivity index (χ3v) is 5.62. The SMILES string of the molecule is O=S(=O)(c1cccnc1Cl)N1CCCc2ccccc21. The summed E-state index contributed by atoms with van der Waals surface area (Å²) in [6.45, 7) is 0.463. The van der Waals surface area contributed by atoms with E-state index in [-0.39, 0.29) is 10.0 Å². The van der Waals surface area contributed by atoms with E-state index < -0.39 is 10.0 Å². The van der Waals surface area contributed by atoms with Gasteiger partial charge in [-0.2, -0.15) is 0 Å². The van der Waals surface area contributed by atoms with E-state index >= 15 is 0 Å². The van der Waals surface area contributed by atoms with Gasteiger partial charge < -0.3 is 0 Å². The highest BCUT2D eigenvalue weighted by Crippen LogP contribution is 2.33. The molecule has 0 unspecified atom stereocenters. The van der Waals surface area contributed by atoms with Gasteiger partial charge in [-0.25, -0.2) is 13.4 Å². The monoisotopic (exact) mass is 308 g/mol. The Bertz CT molecular complexity index is 746. The van der Waals surface area contributed by atoms with Gasteiger partial charge in [0, 0.05) is 12.7 Å². The largest absolute Gasteiger partial charge is 0.267 e. The molecule has 0 bridgehead atoms. The molecule has 0 radical (unpaired) electrons. The second-order valence-electron chi connectivity index (χ2n) is 4.60. The van der Waals surface area contributed by atoms with Crippen LogP contribution in [0.1, 0.15) is 12.0 Å². The molecule has 2 heterocycles. The zero-order valence-corrected chi connectivity index (χ0v) is 12.2. The molecular formula is C14H13ClN2O2S. The molecule has 0 aliphatic carbocycles. The number of para-hydroxylation sites is 1. The van der Waals surface area contributed by atoms with Crippen molar-refractivity contribution in [2.45, 2.75) is 17.7 Å². The summed E-state index contributed by atoms with van der Waals surface area (Å²) in [6.07, 6.45) is 3.17. The molecular weight excluding hydrogens is 296 g/mol. The Hall–Kier alpha value is -1.59. The summed E-state index contributed by atoms with van der Waals surface area (Å²) in [4.78, 5) is 3.91. The third-order valence-electron chi connectivity index (χ3n) is 3.36. The number of benzene rings is 1. The summed E-state index contributed by atoms with van der Waals surface area (Å²) < 4.78 is 27.0. The molecule has 1 aromatic carbocycles. The van der Waals surface area contributed by atoms with Crippen LogP contribution in [0.5, 0.6) is 0 Å². The average molecular weight is 309 g/mol. The Morgan fingerprint density at radius 3 is 2.75 bits per heavy atom. The molecule has 1 aliphatic rings. The van der Waals surface area contributed by atoms with Crippen LogP contribution in [-0.4, -0.2) is 19.9 Å². The highest BCUT2D eigenvalue weighted by atomic mass is 35.5. The number of anilines is 1. The van der Waals surface area contributed by atoms with Crippen LogP contribution in [0.2, 0.25) is 5.15 Å². The number of fused-ring (bicyclic) bond motifs is 1.